The van der Waals surface area contributed by atoms with Crippen LogP contribution in [-0.2, 0) is 5.67 Å². The molecule has 1 nitrogen and oxygen atoms in total. The van der Waals surface area contributed by atoms with Gasteiger partial charge in [-0.05, 0) is 6.92 Å². The predicted molar refractivity (Wildman–Crippen MR) is 41.8 cm³/mol. The van der Waals surface area contributed by atoms with E-state index in [1.165, 1.54) is 0 Å². The van der Waals surface area contributed by atoms with Crippen LogP contribution in [0.2, 0.25) is 0 Å². The minimum Gasteiger partial charge on any atom is -0.393 e. The summed E-state index contributed by atoms with van der Waals surface area (Å²) in [6.45, 7) is -0.906. The third kappa shape index (κ3) is 1.75. The van der Waals surface area contributed by atoms with Gasteiger partial charge in [0.05, 0.1) is 12.2 Å². The monoisotopic (exact) mass is 244 g/mol. The number of hydrogen-bond donors (Lipinski definition) is 1. The maximum atomic E-state index is 13.4. The Bertz CT molecular complexity index is 399. The van der Waals surface area contributed by atoms with Crippen LogP contribution in [0, 0.1) is 29.1 Å². The largest absolute Gasteiger partial charge is 0.393 e. The highest BCUT2D eigenvalue weighted by molar-refractivity contribution is 5.29. The van der Waals surface area contributed by atoms with Crippen molar-refractivity contribution in [1.82, 2.24) is 0 Å². The highest BCUT2D eigenvalue weighted by atomic mass is 19.2. The van der Waals surface area contributed by atoms with E-state index >= 15 is 0 Å². The van der Waals surface area contributed by atoms with E-state index in [-0.39, 0.29) is 0 Å². The Morgan fingerprint density at radius 2 is 1.19 bits per heavy atom. The zero-order valence-electron chi connectivity index (χ0n) is 7.92. The Kier molecular flexibility index (Phi) is 3.18. The molecular weight excluding hydrogens is 238 g/mol. The fourth-order valence-electron chi connectivity index (χ4n) is 1.14. The Morgan fingerprint density at radius 1 is 0.875 bits per heavy atom. The first-order valence-corrected chi connectivity index (χ1v) is 4.05. The normalized spacial score (nSPS) is 15.0. The molecule has 0 aromatic heterocycles. The molecule has 90 valence electrons. The molecule has 1 unspecified atom stereocenters. The van der Waals surface area contributed by atoms with Crippen LogP contribution in [0.15, 0.2) is 0 Å². The molecule has 0 fully saturated rings. The Balaban J connectivity index is 3.65. The van der Waals surface area contributed by atoms with Crippen LogP contribution in [0.1, 0.15) is 12.5 Å². The third-order valence-electron chi connectivity index (χ3n) is 2.03. The van der Waals surface area contributed by atoms with Crippen molar-refractivity contribution < 1.29 is 31.4 Å². The summed E-state index contributed by atoms with van der Waals surface area (Å²) in [5.74, 6) is -11.4. The average molecular weight is 244 g/mol. The topological polar surface area (TPSA) is 20.2 Å². The number of benzene rings is 1. The van der Waals surface area contributed by atoms with Gasteiger partial charge in [0.2, 0.25) is 5.82 Å². The lowest BCUT2D eigenvalue weighted by Gasteiger charge is -2.19. The molecule has 0 heterocycles. The van der Waals surface area contributed by atoms with E-state index in [1.54, 1.807) is 0 Å². The first-order valence-electron chi connectivity index (χ1n) is 4.05. The summed E-state index contributed by atoms with van der Waals surface area (Å²) in [7, 11) is 0. The standard InChI is InChI=1S/C9H6F6O/c1-9(15,2-16)3-4(10)6(12)8(14)7(13)5(3)11/h16H,2H2,1H3. The fourth-order valence-corrected chi connectivity index (χ4v) is 1.14. The summed E-state index contributed by atoms with van der Waals surface area (Å²) in [4.78, 5) is 0. The summed E-state index contributed by atoms with van der Waals surface area (Å²) in [5, 5.41) is 8.50. The Morgan fingerprint density at radius 3 is 1.50 bits per heavy atom. The second-order valence-electron chi connectivity index (χ2n) is 3.30. The number of halogens is 6. The molecule has 0 amide bonds. The van der Waals surface area contributed by atoms with Crippen LogP contribution in [0.25, 0.3) is 0 Å². The predicted octanol–water partition coefficient (Wildman–Crippen LogP) is 2.56. The maximum absolute atomic E-state index is 13.4. The SMILES string of the molecule is CC(F)(CO)c1c(F)c(F)c(F)c(F)c1F. The van der Waals surface area contributed by atoms with E-state index < -0.39 is 46.9 Å². The average Bonchev–Trinajstić information content (AvgIpc) is 2.23. The second-order valence-corrected chi connectivity index (χ2v) is 3.30. The number of rotatable bonds is 2. The minimum absolute atomic E-state index is 0.505. The lowest BCUT2D eigenvalue weighted by molar-refractivity contribution is 0.0771. The molecule has 7 heteroatoms. The van der Waals surface area contributed by atoms with Gasteiger partial charge in [-0.1, -0.05) is 0 Å². The van der Waals surface area contributed by atoms with Crippen LogP contribution in [-0.4, -0.2) is 11.7 Å². The van der Waals surface area contributed by atoms with Gasteiger partial charge in [-0.25, -0.2) is 26.3 Å². The second kappa shape index (κ2) is 3.97. The van der Waals surface area contributed by atoms with Crippen molar-refractivity contribution in [3.05, 3.63) is 34.6 Å². The molecule has 1 N–H and O–H groups in total. The van der Waals surface area contributed by atoms with Crippen molar-refractivity contribution in [2.24, 2.45) is 0 Å². The van der Waals surface area contributed by atoms with Gasteiger partial charge in [0.25, 0.3) is 0 Å². The zero-order valence-corrected chi connectivity index (χ0v) is 7.92. The van der Waals surface area contributed by atoms with Crippen molar-refractivity contribution in [2.45, 2.75) is 12.6 Å². The first kappa shape index (κ1) is 12.8. The van der Waals surface area contributed by atoms with Crippen molar-refractivity contribution in [3.8, 4) is 0 Å². The fraction of sp³-hybridized carbons (Fsp3) is 0.333. The molecular formula is C9H6F6O. The van der Waals surface area contributed by atoms with Crippen LogP contribution < -0.4 is 0 Å². The lowest BCUT2D eigenvalue weighted by atomic mass is 9.97. The van der Waals surface area contributed by atoms with Crippen LogP contribution >= 0.6 is 0 Å². The molecule has 0 spiro atoms. The van der Waals surface area contributed by atoms with Gasteiger partial charge in [0.1, 0.15) is 0 Å². The summed E-state index contributed by atoms with van der Waals surface area (Å²) in [5.41, 5.74) is -4.73. The molecule has 0 aliphatic carbocycles. The van der Waals surface area contributed by atoms with E-state index in [4.69, 9.17) is 5.11 Å². The van der Waals surface area contributed by atoms with E-state index in [1.807, 2.05) is 0 Å². The van der Waals surface area contributed by atoms with Gasteiger partial charge in [-0.2, -0.15) is 0 Å². The molecule has 1 aromatic carbocycles. The third-order valence-corrected chi connectivity index (χ3v) is 2.03. The van der Waals surface area contributed by atoms with Crippen molar-refractivity contribution in [2.75, 3.05) is 6.61 Å². The first-order chi connectivity index (χ1) is 7.24. The van der Waals surface area contributed by atoms with Gasteiger partial charge < -0.3 is 5.11 Å². The van der Waals surface area contributed by atoms with Crippen LogP contribution in [0.3, 0.4) is 0 Å². The van der Waals surface area contributed by atoms with E-state index in [0.717, 1.165) is 0 Å². The lowest BCUT2D eigenvalue weighted by Crippen LogP contribution is -2.26. The van der Waals surface area contributed by atoms with Crippen molar-refractivity contribution >= 4 is 0 Å². The number of alkyl halides is 1. The van der Waals surface area contributed by atoms with E-state index in [2.05, 4.69) is 0 Å². The molecule has 0 aliphatic heterocycles. The minimum atomic E-state index is -3.05. The van der Waals surface area contributed by atoms with Crippen molar-refractivity contribution in [3.63, 3.8) is 0 Å². The number of aliphatic hydroxyl groups is 1. The van der Waals surface area contributed by atoms with Gasteiger partial charge in [0, 0.05) is 0 Å². The molecule has 0 saturated heterocycles. The summed E-state index contributed by atoms with van der Waals surface area (Å²) < 4.78 is 77.3. The van der Waals surface area contributed by atoms with E-state index in [0.29, 0.717) is 6.92 Å². The molecule has 0 saturated carbocycles. The summed E-state index contributed by atoms with van der Waals surface area (Å²) in [6, 6.07) is 0. The van der Waals surface area contributed by atoms with Crippen LogP contribution in [0.4, 0.5) is 26.3 Å². The van der Waals surface area contributed by atoms with Crippen molar-refractivity contribution in [1.29, 1.82) is 0 Å². The van der Waals surface area contributed by atoms with Gasteiger partial charge in [-0.3, -0.25) is 0 Å². The molecule has 16 heavy (non-hydrogen) atoms. The summed E-state index contributed by atoms with van der Waals surface area (Å²) >= 11 is 0. The number of aliphatic hydroxyl groups excluding tert-OH is 1. The molecule has 0 aliphatic rings. The van der Waals surface area contributed by atoms with Crippen LogP contribution in [0.5, 0.6) is 0 Å². The molecule has 1 rings (SSSR count). The Hall–Kier alpha value is -1.24. The maximum Gasteiger partial charge on any atom is 0.200 e. The molecule has 1 aromatic rings. The summed E-state index contributed by atoms with van der Waals surface area (Å²) in [6.07, 6.45) is 0. The smallest absolute Gasteiger partial charge is 0.200 e. The quantitative estimate of drug-likeness (QED) is 0.481. The van der Waals surface area contributed by atoms with E-state index in [9.17, 15) is 26.3 Å². The Labute approximate surface area is 86.3 Å². The zero-order chi connectivity index (χ0) is 12.7. The van der Waals surface area contributed by atoms with Gasteiger partial charge in [0.15, 0.2) is 28.9 Å². The molecule has 0 bridgehead atoms. The highest BCUT2D eigenvalue weighted by Crippen LogP contribution is 2.33. The van der Waals surface area contributed by atoms with Gasteiger partial charge in [-0.15, -0.1) is 0 Å². The highest BCUT2D eigenvalue weighted by Gasteiger charge is 2.37. The molecule has 1 atom stereocenters. The van der Waals surface area contributed by atoms with Gasteiger partial charge >= 0.3 is 0 Å². The molecule has 0 radical (unpaired) electrons. The number of hydrogen-bond acceptors (Lipinski definition) is 1.